The van der Waals surface area contributed by atoms with E-state index in [9.17, 15) is 4.79 Å². The highest BCUT2D eigenvalue weighted by Crippen LogP contribution is 2.17. The van der Waals surface area contributed by atoms with Crippen molar-refractivity contribution in [1.29, 1.82) is 5.26 Å². The number of carboxylic acid groups (broad SMARTS) is 1. The normalized spacial score (nSPS) is 9.90. The topological polar surface area (TPSA) is 73.1 Å². The SMILES string of the molecule is Cc1ccc(C#N)c(NCCc2ccccc2C(=O)O)c1. The first-order chi connectivity index (χ1) is 10.1. The van der Waals surface area contributed by atoms with Crippen LogP contribution < -0.4 is 5.32 Å². The van der Waals surface area contributed by atoms with Crippen molar-refractivity contribution in [3.8, 4) is 6.07 Å². The summed E-state index contributed by atoms with van der Waals surface area (Å²) in [6.07, 6.45) is 0.585. The van der Waals surface area contributed by atoms with E-state index in [2.05, 4.69) is 11.4 Å². The Bertz CT molecular complexity index is 702. The fourth-order valence-corrected chi connectivity index (χ4v) is 2.18. The Morgan fingerprint density at radius 1 is 1.29 bits per heavy atom. The number of benzene rings is 2. The Morgan fingerprint density at radius 3 is 2.76 bits per heavy atom. The van der Waals surface area contributed by atoms with Gasteiger partial charge < -0.3 is 10.4 Å². The van der Waals surface area contributed by atoms with E-state index in [0.29, 0.717) is 24.1 Å². The molecule has 0 amide bonds. The number of nitriles is 1. The zero-order chi connectivity index (χ0) is 15.2. The zero-order valence-electron chi connectivity index (χ0n) is 11.8. The first-order valence-electron chi connectivity index (χ1n) is 6.67. The van der Waals surface area contributed by atoms with Gasteiger partial charge in [0.05, 0.1) is 16.8 Å². The van der Waals surface area contributed by atoms with Crippen LogP contribution in [0.15, 0.2) is 42.5 Å². The second-order valence-corrected chi connectivity index (χ2v) is 4.80. The largest absolute Gasteiger partial charge is 0.478 e. The monoisotopic (exact) mass is 280 g/mol. The van der Waals surface area contributed by atoms with Gasteiger partial charge in [0, 0.05) is 6.54 Å². The molecule has 0 aliphatic rings. The molecular formula is C17H16N2O2. The number of nitrogens with one attached hydrogen (secondary N) is 1. The molecule has 0 heterocycles. The number of nitrogens with zero attached hydrogens (tertiary/aromatic N) is 1. The zero-order valence-corrected chi connectivity index (χ0v) is 11.8. The van der Waals surface area contributed by atoms with Crippen molar-refractivity contribution in [2.75, 3.05) is 11.9 Å². The highest BCUT2D eigenvalue weighted by molar-refractivity contribution is 5.89. The van der Waals surface area contributed by atoms with Crippen molar-refractivity contribution >= 4 is 11.7 Å². The lowest BCUT2D eigenvalue weighted by Crippen LogP contribution is -2.10. The van der Waals surface area contributed by atoms with Gasteiger partial charge in [-0.15, -0.1) is 0 Å². The first-order valence-corrected chi connectivity index (χ1v) is 6.67. The molecule has 0 atom stereocenters. The summed E-state index contributed by atoms with van der Waals surface area (Å²) in [5.41, 5.74) is 3.55. The van der Waals surface area contributed by atoms with Gasteiger partial charge in [-0.1, -0.05) is 24.3 Å². The maximum atomic E-state index is 11.1. The van der Waals surface area contributed by atoms with Crippen LogP contribution in [0.1, 0.15) is 27.0 Å². The third-order valence-electron chi connectivity index (χ3n) is 3.25. The summed E-state index contributed by atoms with van der Waals surface area (Å²) in [7, 11) is 0. The lowest BCUT2D eigenvalue weighted by atomic mass is 10.0. The van der Waals surface area contributed by atoms with Crippen LogP contribution in [-0.2, 0) is 6.42 Å². The van der Waals surface area contributed by atoms with E-state index in [1.165, 1.54) is 0 Å². The van der Waals surface area contributed by atoms with Crippen molar-refractivity contribution in [3.05, 3.63) is 64.7 Å². The molecule has 2 N–H and O–H groups in total. The lowest BCUT2D eigenvalue weighted by Gasteiger charge is -2.10. The molecule has 0 radical (unpaired) electrons. The Hall–Kier alpha value is -2.80. The average molecular weight is 280 g/mol. The van der Waals surface area contributed by atoms with Gasteiger partial charge in [0.2, 0.25) is 0 Å². The number of anilines is 1. The molecule has 21 heavy (non-hydrogen) atoms. The van der Waals surface area contributed by atoms with Crippen LogP contribution in [0.4, 0.5) is 5.69 Å². The van der Waals surface area contributed by atoms with Crippen molar-refractivity contribution in [2.45, 2.75) is 13.3 Å². The van der Waals surface area contributed by atoms with Gasteiger partial charge in [-0.05, 0) is 42.7 Å². The van der Waals surface area contributed by atoms with E-state index in [1.807, 2.05) is 31.2 Å². The number of carboxylic acids is 1. The van der Waals surface area contributed by atoms with Gasteiger partial charge in [0.25, 0.3) is 0 Å². The Labute approximate surface area is 123 Å². The van der Waals surface area contributed by atoms with Crippen molar-refractivity contribution in [2.24, 2.45) is 0 Å². The number of carbonyl (C=O) groups is 1. The van der Waals surface area contributed by atoms with Crippen LogP contribution in [0.2, 0.25) is 0 Å². The average Bonchev–Trinajstić information content (AvgIpc) is 2.48. The highest BCUT2D eigenvalue weighted by atomic mass is 16.4. The summed E-state index contributed by atoms with van der Waals surface area (Å²) >= 11 is 0. The third kappa shape index (κ3) is 3.61. The van der Waals surface area contributed by atoms with Gasteiger partial charge in [-0.25, -0.2) is 4.79 Å². The maximum Gasteiger partial charge on any atom is 0.335 e. The van der Waals surface area contributed by atoms with Gasteiger partial charge in [0.15, 0.2) is 0 Å². The van der Waals surface area contributed by atoms with Crippen LogP contribution in [-0.4, -0.2) is 17.6 Å². The fourth-order valence-electron chi connectivity index (χ4n) is 2.18. The maximum absolute atomic E-state index is 11.1. The molecular weight excluding hydrogens is 264 g/mol. The van der Waals surface area contributed by atoms with E-state index in [-0.39, 0.29) is 0 Å². The quantitative estimate of drug-likeness (QED) is 0.882. The van der Waals surface area contributed by atoms with Crippen molar-refractivity contribution < 1.29 is 9.90 Å². The molecule has 0 saturated heterocycles. The summed E-state index contributed by atoms with van der Waals surface area (Å²) < 4.78 is 0. The smallest absolute Gasteiger partial charge is 0.335 e. The van der Waals surface area contributed by atoms with Gasteiger partial charge in [-0.3, -0.25) is 0 Å². The van der Waals surface area contributed by atoms with Gasteiger partial charge in [-0.2, -0.15) is 5.26 Å². The number of rotatable bonds is 5. The second-order valence-electron chi connectivity index (χ2n) is 4.80. The van der Waals surface area contributed by atoms with E-state index in [4.69, 9.17) is 10.4 Å². The minimum Gasteiger partial charge on any atom is -0.478 e. The summed E-state index contributed by atoms with van der Waals surface area (Å²) in [6, 6.07) is 14.7. The number of aryl methyl sites for hydroxylation is 1. The molecule has 2 aromatic rings. The molecule has 2 rings (SSSR count). The minimum atomic E-state index is -0.918. The van der Waals surface area contributed by atoms with Crippen LogP contribution in [0.5, 0.6) is 0 Å². The van der Waals surface area contributed by atoms with Gasteiger partial charge >= 0.3 is 5.97 Å². The van der Waals surface area contributed by atoms with Crippen LogP contribution in [0.25, 0.3) is 0 Å². The fraction of sp³-hybridized carbons (Fsp3) is 0.176. The second kappa shape index (κ2) is 6.58. The molecule has 0 unspecified atom stereocenters. The van der Waals surface area contributed by atoms with Crippen LogP contribution in [0.3, 0.4) is 0 Å². The Morgan fingerprint density at radius 2 is 2.05 bits per heavy atom. The predicted molar refractivity (Wildman–Crippen MR) is 81.5 cm³/mol. The molecule has 2 aromatic carbocycles. The van der Waals surface area contributed by atoms with Crippen LogP contribution in [0, 0.1) is 18.3 Å². The molecule has 106 valence electrons. The minimum absolute atomic E-state index is 0.323. The van der Waals surface area contributed by atoms with E-state index >= 15 is 0 Å². The summed E-state index contributed by atoms with van der Waals surface area (Å²) in [5.74, 6) is -0.918. The number of hydrogen-bond donors (Lipinski definition) is 2. The molecule has 4 nitrogen and oxygen atoms in total. The number of hydrogen-bond acceptors (Lipinski definition) is 3. The number of aromatic carboxylic acids is 1. The Balaban J connectivity index is 2.08. The van der Waals surface area contributed by atoms with E-state index < -0.39 is 5.97 Å². The summed E-state index contributed by atoms with van der Waals surface area (Å²) in [6.45, 7) is 2.54. The Kier molecular flexibility index (Phi) is 4.57. The molecule has 0 saturated carbocycles. The van der Waals surface area contributed by atoms with Gasteiger partial charge in [0.1, 0.15) is 6.07 Å². The van der Waals surface area contributed by atoms with Crippen LogP contribution >= 0.6 is 0 Å². The third-order valence-corrected chi connectivity index (χ3v) is 3.25. The molecule has 0 fully saturated rings. The lowest BCUT2D eigenvalue weighted by molar-refractivity contribution is 0.0695. The predicted octanol–water partition coefficient (Wildman–Crippen LogP) is 3.22. The van der Waals surface area contributed by atoms with E-state index in [0.717, 1.165) is 16.8 Å². The molecule has 0 spiro atoms. The standard InChI is InChI=1S/C17H16N2O2/c1-12-6-7-14(11-18)16(10-12)19-9-8-13-4-2-3-5-15(13)17(20)21/h2-7,10,19H,8-9H2,1H3,(H,20,21). The molecule has 0 bridgehead atoms. The van der Waals surface area contributed by atoms with Crippen molar-refractivity contribution in [3.63, 3.8) is 0 Å². The molecule has 4 heteroatoms. The molecule has 0 aliphatic carbocycles. The summed E-state index contributed by atoms with van der Waals surface area (Å²) in [5, 5.41) is 21.4. The van der Waals surface area contributed by atoms with Crippen molar-refractivity contribution in [1.82, 2.24) is 0 Å². The first kappa shape index (κ1) is 14.6. The highest BCUT2D eigenvalue weighted by Gasteiger charge is 2.08. The summed E-state index contributed by atoms with van der Waals surface area (Å²) in [4.78, 5) is 11.1. The molecule has 0 aromatic heterocycles. The van der Waals surface area contributed by atoms with E-state index in [1.54, 1.807) is 18.2 Å². The molecule has 0 aliphatic heterocycles.